The summed E-state index contributed by atoms with van der Waals surface area (Å²) >= 11 is 6.67. The fourth-order valence-electron chi connectivity index (χ4n) is 5.79. The Balaban J connectivity index is 1.64. The van der Waals surface area contributed by atoms with Gasteiger partial charge in [-0.05, 0) is 49.9 Å². The number of amides is 1. The third-order valence-electron chi connectivity index (χ3n) is 8.05. The molecule has 2 aliphatic rings. The summed E-state index contributed by atoms with van der Waals surface area (Å²) in [6.07, 6.45) is -7.31. The van der Waals surface area contributed by atoms with Crippen molar-refractivity contribution in [3.63, 3.8) is 0 Å². The van der Waals surface area contributed by atoms with E-state index < -0.39 is 60.6 Å². The molecule has 2 aliphatic heterocycles. The van der Waals surface area contributed by atoms with Crippen molar-refractivity contribution in [3.8, 4) is 11.4 Å². The summed E-state index contributed by atoms with van der Waals surface area (Å²) in [6, 6.07) is 7.03. The molecule has 3 aromatic rings. The Kier molecular flexibility index (Phi) is 9.57. The normalized spacial score (nSPS) is 18.9. The number of piperidine rings is 1. The number of carboxylic acid groups (broad SMARTS) is 1. The van der Waals surface area contributed by atoms with E-state index >= 15 is 8.78 Å². The van der Waals surface area contributed by atoms with E-state index in [0.717, 1.165) is 16.7 Å². The van der Waals surface area contributed by atoms with E-state index in [0.29, 0.717) is 18.9 Å². The molecule has 0 unspecified atom stereocenters. The Morgan fingerprint density at radius 2 is 1.78 bits per heavy atom. The van der Waals surface area contributed by atoms with Gasteiger partial charge in [0.1, 0.15) is 24.6 Å². The summed E-state index contributed by atoms with van der Waals surface area (Å²) in [5.74, 6) is -6.67. The fourth-order valence-corrected chi connectivity index (χ4v) is 6.07. The predicted molar refractivity (Wildman–Crippen MR) is 152 cm³/mol. The number of aliphatic hydroxyl groups excluding tert-OH is 1. The summed E-state index contributed by atoms with van der Waals surface area (Å²) in [5.41, 5.74) is -1.36. The van der Waals surface area contributed by atoms with Gasteiger partial charge in [-0.3, -0.25) is 14.2 Å². The average molecular weight is 673 g/mol. The van der Waals surface area contributed by atoms with Gasteiger partial charge in [-0.25, -0.2) is 0 Å². The van der Waals surface area contributed by atoms with Crippen LogP contribution in [0.15, 0.2) is 36.4 Å². The zero-order chi connectivity index (χ0) is 33.4. The van der Waals surface area contributed by atoms with E-state index in [-0.39, 0.29) is 65.4 Å². The highest BCUT2D eigenvalue weighted by atomic mass is 35.5. The SMILES string of the molecule is CCOc1cccc([C@H]2O[C@H](CC(=O)N3CCC(CC(=O)O)CC3)c3nnc(C(F)(F)CO)n3-c3ccc(C(F)(F)F)cc32)c1Cl. The minimum absolute atomic E-state index is 0.00173. The van der Waals surface area contributed by atoms with Crippen LogP contribution < -0.4 is 4.74 Å². The molecule has 2 N–H and O–H groups in total. The molecule has 5 rings (SSSR count). The molecular weight excluding hydrogens is 643 g/mol. The molecule has 0 bridgehead atoms. The molecule has 1 amide bonds. The molecule has 10 nitrogen and oxygen atoms in total. The van der Waals surface area contributed by atoms with Gasteiger partial charge in [-0.2, -0.15) is 22.0 Å². The first-order valence-electron chi connectivity index (χ1n) is 14.5. The zero-order valence-electron chi connectivity index (χ0n) is 24.4. The third kappa shape index (κ3) is 6.67. The maximum atomic E-state index is 15.1. The van der Waals surface area contributed by atoms with Gasteiger partial charge in [0.2, 0.25) is 11.7 Å². The van der Waals surface area contributed by atoms with Crippen LogP contribution in [0.4, 0.5) is 22.0 Å². The number of carbonyl (C=O) groups excluding carboxylic acids is 1. The summed E-state index contributed by atoms with van der Waals surface area (Å²) in [6.45, 7) is 0.722. The van der Waals surface area contributed by atoms with Gasteiger partial charge in [-0.1, -0.05) is 23.7 Å². The summed E-state index contributed by atoms with van der Waals surface area (Å²) in [5, 5.41) is 26.1. The molecule has 0 saturated carbocycles. The van der Waals surface area contributed by atoms with Crippen LogP contribution in [0.5, 0.6) is 5.75 Å². The van der Waals surface area contributed by atoms with Crippen LogP contribution in [0, 0.1) is 5.92 Å². The minimum Gasteiger partial charge on any atom is -0.492 e. The molecule has 0 aliphatic carbocycles. The number of fused-ring (bicyclic) bond motifs is 3. The lowest BCUT2D eigenvalue weighted by molar-refractivity contribution is -0.139. The van der Waals surface area contributed by atoms with E-state index in [1.54, 1.807) is 19.1 Å². The molecule has 1 fully saturated rings. The molecule has 0 radical (unpaired) electrons. The number of benzene rings is 2. The first kappa shape index (κ1) is 33.5. The molecular formula is C30H30ClF5N4O6. The molecule has 0 spiro atoms. The van der Waals surface area contributed by atoms with E-state index in [4.69, 9.17) is 26.2 Å². The highest BCUT2D eigenvalue weighted by Gasteiger charge is 2.44. The number of hydrogen-bond donors (Lipinski definition) is 2. The fraction of sp³-hybridized carbons (Fsp3) is 0.467. The molecule has 16 heteroatoms. The number of aliphatic hydroxyl groups is 1. The quantitative estimate of drug-likeness (QED) is 0.278. The monoisotopic (exact) mass is 672 g/mol. The Morgan fingerprint density at radius 3 is 2.41 bits per heavy atom. The lowest BCUT2D eigenvalue weighted by Crippen LogP contribution is -2.39. The van der Waals surface area contributed by atoms with Crippen LogP contribution in [0.1, 0.15) is 73.2 Å². The highest BCUT2D eigenvalue weighted by molar-refractivity contribution is 6.33. The third-order valence-corrected chi connectivity index (χ3v) is 8.45. The smallest absolute Gasteiger partial charge is 0.416 e. The summed E-state index contributed by atoms with van der Waals surface area (Å²) in [4.78, 5) is 26.2. The Bertz CT molecular complexity index is 1610. The second kappa shape index (κ2) is 13.1. The van der Waals surface area contributed by atoms with Crippen molar-refractivity contribution in [3.05, 3.63) is 69.8 Å². The van der Waals surface area contributed by atoms with Crippen molar-refractivity contribution in [1.29, 1.82) is 0 Å². The van der Waals surface area contributed by atoms with Gasteiger partial charge in [0.25, 0.3) is 0 Å². The summed E-state index contributed by atoms with van der Waals surface area (Å²) < 4.78 is 84.9. The van der Waals surface area contributed by atoms with Crippen molar-refractivity contribution >= 4 is 23.5 Å². The van der Waals surface area contributed by atoms with Crippen LogP contribution in [-0.4, -0.2) is 68.1 Å². The number of aliphatic carboxylic acids is 1. The van der Waals surface area contributed by atoms with Crippen molar-refractivity contribution in [2.24, 2.45) is 5.92 Å². The number of alkyl halides is 5. The minimum atomic E-state index is -4.82. The van der Waals surface area contributed by atoms with Gasteiger partial charge in [0, 0.05) is 30.6 Å². The number of carboxylic acids is 1. The summed E-state index contributed by atoms with van der Waals surface area (Å²) in [7, 11) is 0. The van der Waals surface area contributed by atoms with Crippen molar-refractivity contribution in [1.82, 2.24) is 19.7 Å². The number of halogens is 6. The molecule has 2 aromatic carbocycles. The molecule has 1 aromatic heterocycles. The number of carbonyl (C=O) groups is 2. The number of aromatic nitrogens is 3. The van der Waals surface area contributed by atoms with Crippen LogP contribution in [-0.2, 0) is 26.4 Å². The van der Waals surface area contributed by atoms with Gasteiger partial charge in [-0.15, -0.1) is 10.2 Å². The first-order valence-corrected chi connectivity index (χ1v) is 14.8. The Hall–Kier alpha value is -3.82. The van der Waals surface area contributed by atoms with Crippen molar-refractivity contribution in [2.45, 2.75) is 56.9 Å². The molecule has 1 saturated heterocycles. The first-order chi connectivity index (χ1) is 21.7. The maximum Gasteiger partial charge on any atom is 0.416 e. The second-order valence-corrected chi connectivity index (χ2v) is 11.5. The molecule has 46 heavy (non-hydrogen) atoms. The lowest BCUT2D eigenvalue weighted by Gasteiger charge is -2.32. The molecule has 3 heterocycles. The predicted octanol–water partition coefficient (Wildman–Crippen LogP) is 5.69. The topological polar surface area (TPSA) is 127 Å². The Labute approximate surface area is 264 Å². The highest BCUT2D eigenvalue weighted by Crippen LogP contribution is 2.47. The van der Waals surface area contributed by atoms with Gasteiger partial charge in [0.15, 0.2) is 5.82 Å². The van der Waals surface area contributed by atoms with Gasteiger partial charge < -0.3 is 24.6 Å². The number of likely N-dealkylation sites (tertiary alicyclic amines) is 1. The van der Waals surface area contributed by atoms with E-state index in [9.17, 15) is 27.9 Å². The standard InChI is InChI=1S/C30H30ClF5N4O6/c1-2-45-21-5-3-4-18(25(21)31)26-19-13-17(30(34,35)36)6-7-20(19)40-27(37-38-28(40)29(32,33)15-41)22(46-26)14-23(42)39-10-8-16(9-11-39)12-24(43)44/h3-7,13,16,22,26,41H,2,8-12,14-15H2,1H3,(H,43,44)/t22-,26-/m1/s1. The molecule has 2 atom stereocenters. The van der Waals surface area contributed by atoms with Crippen molar-refractivity contribution in [2.75, 3.05) is 26.3 Å². The van der Waals surface area contributed by atoms with E-state index in [2.05, 4.69) is 10.2 Å². The van der Waals surface area contributed by atoms with Gasteiger partial charge >= 0.3 is 18.1 Å². The van der Waals surface area contributed by atoms with Gasteiger partial charge in [0.05, 0.1) is 29.3 Å². The van der Waals surface area contributed by atoms with Crippen molar-refractivity contribution < 1.29 is 51.2 Å². The average Bonchev–Trinajstić information content (AvgIpc) is 3.41. The Morgan fingerprint density at radius 1 is 1.07 bits per heavy atom. The number of ether oxygens (including phenoxy) is 2. The van der Waals surface area contributed by atoms with Crippen LogP contribution >= 0.6 is 11.6 Å². The van der Waals surface area contributed by atoms with Crippen LogP contribution in [0.25, 0.3) is 5.69 Å². The maximum absolute atomic E-state index is 15.1. The second-order valence-electron chi connectivity index (χ2n) is 11.1. The van der Waals surface area contributed by atoms with Crippen LogP contribution in [0.2, 0.25) is 5.02 Å². The number of hydrogen-bond acceptors (Lipinski definition) is 7. The number of rotatable bonds is 9. The van der Waals surface area contributed by atoms with E-state index in [1.807, 2.05) is 0 Å². The van der Waals surface area contributed by atoms with Crippen LogP contribution in [0.3, 0.4) is 0 Å². The number of nitrogens with zero attached hydrogens (tertiary/aromatic N) is 4. The largest absolute Gasteiger partial charge is 0.492 e. The van der Waals surface area contributed by atoms with E-state index in [1.165, 1.54) is 11.0 Å². The lowest BCUT2D eigenvalue weighted by atomic mass is 9.93. The zero-order valence-corrected chi connectivity index (χ0v) is 25.2. The molecule has 248 valence electrons.